The van der Waals surface area contributed by atoms with E-state index in [0.29, 0.717) is 32.7 Å². The number of amides is 3. The van der Waals surface area contributed by atoms with Gasteiger partial charge in [0.15, 0.2) is 5.82 Å². The van der Waals surface area contributed by atoms with Crippen molar-refractivity contribution in [3.63, 3.8) is 0 Å². The first-order chi connectivity index (χ1) is 19.1. The Kier molecular flexibility index (Phi) is 9.02. The molecular weight excluding hydrogens is 529 g/mol. The maximum Gasteiger partial charge on any atom is 0.573 e. The molecule has 1 aromatic heterocycles. The maximum absolute atomic E-state index is 13.4. The fourth-order valence-electron chi connectivity index (χ4n) is 4.27. The highest BCUT2D eigenvalue weighted by Gasteiger charge is 2.31. The van der Waals surface area contributed by atoms with Gasteiger partial charge >= 0.3 is 12.4 Å². The van der Waals surface area contributed by atoms with Crippen LogP contribution in [-0.4, -0.2) is 66.0 Å². The van der Waals surface area contributed by atoms with Crippen molar-refractivity contribution in [2.75, 3.05) is 48.8 Å². The number of carbonyl (C=O) groups is 2. The number of hydrogen-bond donors (Lipinski definition) is 2. The number of nitrogens with zero attached hydrogens (tertiary/aromatic N) is 4. The zero-order valence-corrected chi connectivity index (χ0v) is 22.2. The van der Waals surface area contributed by atoms with Crippen molar-refractivity contribution in [3.05, 3.63) is 60.6 Å². The summed E-state index contributed by atoms with van der Waals surface area (Å²) in [6.45, 7) is 4.95. The Morgan fingerprint density at radius 2 is 1.60 bits per heavy atom. The molecule has 0 radical (unpaired) electrons. The van der Waals surface area contributed by atoms with E-state index in [0.717, 1.165) is 36.4 Å². The smallest absolute Gasteiger partial charge is 0.497 e. The summed E-state index contributed by atoms with van der Waals surface area (Å²) < 4.78 is 47.8. The highest BCUT2D eigenvalue weighted by molar-refractivity contribution is 6.00. The quantitative estimate of drug-likeness (QED) is 0.373. The summed E-state index contributed by atoms with van der Waals surface area (Å²) in [5.74, 6) is 0.574. The average Bonchev–Trinajstić information content (AvgIpc) is 3.34. The van der Waals surface area contributed by atoms with Gasteiger partial charge in [-0.25, -0.2) is 9.78 Å². The molecule has 0 atom stereocenters. The van der Waals surface area contributed by atoms with E-state index in [1.54, 1.807) is 22.8 Å². The number of aryl methyl sites for hydroxylation is 1. The molecule has 0 spiro atoms. The third-order valence-corrected chi connectivity index (χ3v) is 6.31. The topological polar surface area (TPSA) is 101 Å². The lowest BCUT2D eigenvalue weighted by Crippen LogP contribution is -2.49. The van der Waals surface area contributed by atoms with Gasteiger partial charge in [-0.05, 0) is 55.0 Å². The number of methoxy groups -OCH3 is 1. The summed E-state index contributed by atoms with van der Waals surface area (Å²) in [6.07, 6.45) is -1.47. The third-order valence-electron chi connectivity index (χ3n) is 6.31. The van der Waals surface area contributed by atoms with Crippen molar-refractivity contribution >= 4 is 29.1 Å². The Bertz CT molecular complexity index is 1290. The van der Waals surface area contributed by atoms with Crippen LogP contribution in [0.15, 0.2) is 54.7 Å². The molecule has 214 valence electrons. The number of anilines is 3. The number of aromatic nitrogens is 2. The maximum atomic E-state index is 13.4. The van der Waals surface area contributed by atoms with Gasteiger partial charge in [0, 0.05) is 50.3 Å². The molecule has 2 aromatic carbocycles. The number of ether oxygens (including phenoxy) is 2. The molecule has 0 bridgehead atoms. The molecule has 1 aliphatic heterocycles. The van der Waals surface area contributed by atoms with E-state index in [4.69, 9.17) is 4.74 Å². The minimum absolute atomic E-state index is 0.186. The van der Waals surface area contributed by atoms with Crippen molar-refractivity contribution in [2.45, 2.75) is 32.7 Å². The second kappa shape index (κ2) is 12.6. The van der Waals surface area contributed by atoms with Crippen molar-refractivity contribution < 1.29 is 32.2 Å². The third kappa shape index (κ3) is 7.58. The van der Waals surface area contributed by atoms with Crippen LogP contribution in [0.2, 0.25) is 0 Å². The van der Waals surface area contributed by atoms with E-state index >= 15 is 0 Å². The second-order valence-corrected chi connectivity index (χ2v) is 9.13. The van der Waals surface area contributed by atoms with E-state index < -0.39 is 18.1 Å². The van der Waals surface area contributed by atoms with E-state index in [1.807, 2.05) is 31.2 Å². The van der Waals surface area contributed by atoms with Crippen molar-refractivity contribution in [1.29, 1.82) is 0 Å². The Balaban J connectivity index is 1.38. The molecule has 40 heavy (non-hydrogen) atoms. The number of alkyl halides is 3. The Hall–Kier alpha value is -4.42. The molecule has 1 saturated heterocycles. The number of carbonyl (C=O) groups excluding carboxylic acids is 2. The van der Waals surface area contributed by atoms with E-state index in [-0.39, 0.29) is 23.2 Å². The molecule has 0 saturated carbocycles. The second-order valence-electron chi connectivity index (χ2n) is 9.13. The predicted molar refractivity (Wildman–Crippen MR) is 144 cm³/mol. The van der Waals surface area contributed by atoms with Crippen LogP contribution in [0.25, 0.3) is 0 Å². The Morgan fingerprint density at radius 1 is 0.950 bits per heavy atom. The molecule has 2 heterocycles. The molecule has 0 aliphatic carbocycles. The predicted octanol–water partition coefficient (Wildman–Crippen LogP) is 5.20. The summed E-state index contributed by atoms with van der Waals surface area (Å²) >= 11 is 0. The number of halogens is 3. The highest BCUT2D eigenvalue weighted by Crippen LogP contribution is 2.24. The molecule has 3 aromatic rings. The van der Waals surface area contributed by atoms with Crippen LogP contribution in [0.1, 0.15) is 30.4 Å². The lowest BCUT2D eigenvalue weighted by molar-refractivity contribution is -0.274. The molecule has 1 aliphatic rings. The summed E-state index contributed by atoms with van der Waals surface area (Å²) in [5, 5.41) is 5.12. The van der Waals surface area contributed by atoms with Crippen LogP contribution in [0.3, 0.4) is 0 Å². The molecule has 10 nitrogen and oxygen atoms in total. The normalized spacial score (nSPS) is 13.6. The van der Waals surface area contributed by atoms with Gasteiger partial charge in [-0.1, -0.05) is 13.3 Å². The molecule has 13 heteroatoms. The molecule has 4 rings (SSSR count). The van der Waals surface area contributed by atoms with Gasteiger partial charge < -0.3 is 29.2 Å². The first kappa shape index (κ1) is 28.6. The SMILES string of the molecule is CCCCn1cc(NC(=O)Nc2ccc(OC(F)(F)F)cc2)nc1C(=O)N1CCN(c2ccc(OC)cc2)CC1. The minimum atomic E-state index is -4.80. The fraction of sp³-hybridized carbons (Fsp3) is 0.370. The van der Waals surface area contributed by atoms with Crippen LogP contribution in [-0.2, 0) is 6.54 Å². The number of rotatable bonds is 9. The molecule has 3 amide bonds. The number of piperazine rings is 1. The highest BCUT2D eigenvalue weighted by atomic mass is 19.4. The largest absolute Gasteiger partial charge is 0.573 e. The van der Waals surface area contributed by atoms with Gasteiger partial charge in [0.25, 0.3) is 5.91 Å². The Morgan fingerprint density at radius 3 is 2.20 bits per heavy atom. The number of unbranched alkanes of at least 4 members (excludes halogenated alkanes) is 1. The molecule has 0 unspecified atom stereocenters. The lowest BCUT2D eigenvalue weighted by atomic mass is 10.2. The average molecular weight is 561 g/mol. The van der Waals surface area contributed by atoms with Crippen molar-refractivity contribution in [2.24, 2.45) is 0 Å². The molecule has 2 N–H and O–H groups in total. The van der Waals surface area contributed by atoms with Gasteiger partial charge in [0.2, 0.25) is 5.82 Å². The summed E-state index contributed by atoms with van der Waals surface area (Å²) in [4.78, 5) is 34.3. The van der Waals surface area contributed by atoms with Crippen molar-refractivity contribution in [1.82, 2.24) is 14.5 Å². The lowest BCUT2D eigenvalue weighted by Gasteiger charge is -2.36. The van der Waals surface area contributed by atoms with Gasteiger partial charge in [0.1, 0.15) is 11.5 Å². The van der Waals surface area contributed by atoms with Crippen molar-refractivity contribution in [3.8, 4) is 11.5 Å². The van der Waals surface area contributed by atoms with Crippen LogP contribution in [0.5, 0.6) is 11.5 Å². The summed E-state index contributed by atoms with van der Waals surface area (Å²) in [5.41, 5.74) is 1.31. The van der Waals surface area contributed by atoms with Crippen LogP contribution in [0, 0.1) is 0 Å². The Labute approximate surface area is 229 Å². The number of benzene rings is 2. The minimum Gasteiger partial charge on any atom is -0.497 e. The number of imidazole rings is 1. The van der Waals surface area contributed by atoms with E-state index in [9.17, 15) is 22.8 Å². The summed E-state index contributed by atoms with van der Waals surface area (Å²) in [7, 11) is 1.62. The zero-order valence-electron chi connectivity index (χ0n) is 22.2. The fourth-order valence-corrected chi connectivity index (χ4v) is 4.27. The molecule has 1 fully saturated rings. The van der Waals surface area contributed by atoms with Crippen LogP contribution >= 0.6 is 0 Å². The van der Waals surface area contributed by atoms with Gasteiger partial charge in [-0.3, -0.25) is 10.1 Å². The van der Waals surface area contributed by atoms with Gasteiger partial charge in [-0.15, -0.1) is 13.2 Å². The monoisotopic (exact) mass is 560 g/mol. The van der Waals surface area contributed by atoms with Gasteiger partial charge in [0.05, 0.1) is 7.11 Å². The van der Waals surface area contributed by atoms with Crippen LogP contribution in [0.4, 0.5) is 35.2 Å². The van der Waals surface area contributed by atoms with Crippen LogP contribution < -0.4 is 25.0 Å². The number of nitrogens with one attached hydrogen (secondary N) is 2. The standard InChI is InChI=1S/C27H31F3N6O4/c1-3-4-13-36-18-23(33-26(38)31-19-5-9-22(10-6-19)40-27(28,29)30)32-24(36)25(37)35-16-14-34(15-17-35)20-7-11-21(39-2)12-8-20/h5-12,18H,3-4,13-17H2,1-2H3,(H2,31,33,38). The van der Waals surface area contributed by atoms with E-state index in [2.05, 4.69) is 25.3 Å². The first-order valence-corrected chi connectivity index (χ1v) is 12.8. The molecular formula is C27H31F3N6O4. The number of hydrogen-bond acceptors (Lipinski definition) is 6. The zero-order chi connectivity index (χ0) is 28.7. The van der Waals surface area contributed by atoms with E-state index in [1.165, 1.54) is 12.1 Å². The number of urea groups is 1. The van der Waals surface area contributed by atoms with Gasteiger partial charge in [-0.2, -0.15) is 0 Å². The summed E-state index contributed by atoms with van der Waals surface area (Å²) in [6, 6.07) is 11.9. The first-order valence-electron chi connectivity index (χ1n) is 12.8.